The second-order valence-electron chi connectivity index (χ2n) is 6.42. The van der Waals surface area contributed by atoms with Crippen LogP contribution in [0.25, 0.3) is 5.65 Å². The van der Waals surface area contributed by atoms with Gasteiger partial charge in [-0.1, -0.05) is 18.9 Å². The molecule has 0 N–H and O–H groups in total. The first-order chi connectivity index (χ1) is 10.3. The SMILES string of the molecule is O=c1n(CN2CCC[C@@H]3CCCC[C@@H]32)nc2ccccn12. The van der Waals surface area contributed by atoms with Gasteiger partial charge in [-0.25, -0.2) is 4.79 Å². The van der Waals surface area contributed by atoms with Gasteiger partial charge in [0.15, 0.2) is 5.65 Å². The Morgan fingerprint density at radius 2 is 2.00 bits per heavy atom. The fourth-order valence-corrected chi connectivity index (χ4v) is 4.14. The summed E-state index contributed by atoms with van der Waals surface area (Å²) in [6.07, 6.45) is 9.76. The van der Waals surface area contributed by atoms with Crippen molar-refractivity contribution in [2.75, 3.05) is 6.54 Å². The minimum atomic E-state index is -0.0245. The smallest absolute Gasteiger partial charge is 0.281 e. The summed E-state index contributed by atoms with van der Waals surface area (Å²) in [4.78, 5) is 14.9. The van der Waals surface area contributed by atoms with E-state index in [9.17, 15) is 4.79 Å². The third kappa shape index (κ3) is 2.29. The van der Waals surface area contributed by atoms with E-state index in [-0.39, 0.29) is 5.69 Å². The Kier molecular flexibility index (Phi) is 3.30. The summed E-state index contributed by atoms with van der Waals surface area (Å²) >= 11 is 0. The molecule has 21 heavy (non-hydrogen) atoms. The molecule has 2 atom stereocenters. The molecule has 1 saturated carbocycles. The molecule has 0 amide bonds. The molecule has 0 bridgehead atoms. The van der Waals surface area contributed by atoms with E-state index < -0.39 is 0 Å². The van der Waals surface area contributed by atoms with Gasteiger partial charge >= 0.3 is 5.69 Å². The standard InChI is InChI=1S/C16H22N4O/c21-16-19-11-4-3-9-15(19)17-20(16)12-18-10-5-7-13-6-1-2-8-14(13)18/h3-4,9,11,13-14H,1-2,5-8,10,12H2/t13-,14-/m0/s1. The zero-order valence-corrected chi connectivity index (χ0v) is 12.3. The second kappa shape index (κ2) is 5.30. The van der Waals surface area contributed by atoms with Gasteiger partial charge in [0, 0.05) is 18.8 Å². The molecule has 2 aliphatic rings. The first kappa shape index (κ1) is 13.1. The van der Waals surface area contributed by atoms with E-state index in [2.05, 4.69) is 10.00 Å². The van der Waals surface area contributed by atoms with Crippen LogP contribution in [0.1, 0.15) is 38.5 Å². The molecule has 1 aliphatic heterocycles. The maximum Gasteiger partial charge on any atom is 0.351 e. The molecule has 0 unspecified atom stereocenters. The summed E-state index contributed by atoms with van der Waals surface area (Å²) < 4.78 is 3.26. The van der Waals surface area contributed by atoms with Crippen LogP contribution in [-0.2, 0) is 6.67 Å². The van der Waals surface area contributed by atoms with Crippen molar-refractivity contribution in [1.82, 2.24) is 19.1 Å². The number of hydrogen-bond acceptors (Lipinski definition) is 3. The summed E-state index contributed by atoms with van der Waals surface area (Å²) in [5, 5.41) is 4.47. The molecule has 0 spiro atoms. The zero-order valence-electron chi connectivity index (χ0n) is 12.3. The number of hydrogen-bond donors (Lipinski definition) is 0. The first-order valence-corrected chi connectivity index (χ1v) is 8.11. The van der Waals surface area contributed by atoms with Gasteiger partial charge in [-0.05, 0) is 43.7 Å². The number of fused-ring (bicyclic) bond motifs is 2. The molecule has 3 heterocycles. The van der Waals surface area contributed by atoms with Crippen molar-refractivity contribution in [2.45, 2.75) is 51.2 Å². The van der Waals surface area contributed by atoms with Crippen molar-refractivity contribution in [3.63, 3.8) is 0 Å². The summed E-state index contributed by atoms with van der Waals surface area (Å²) in [5.74, 6) is 0.834. The van der Waals surface area contributed by atoms with Gasteiger partial charge in [0.25, 0.3) is 0 Å². The van der Waals surface area contributed by atoms with Crippen LogP contribution in [-0.4, -0.2) is 31.7 Å². The van der Waals surface area contributed by atoms with Crippen LogP contribution in [0.4, 0.5) is 0 Å². The lowest BCUT2D eigenvalue weighted by molar-refractivity contribution is 0.0319. The highest BCUT2D eigenvalue weighted by Crippen LogP contribution is 2.35. The van der Waals surface area contributed by atoms with Crippen molar-refractivity contribution in [3.05, 3.63) is 34.9 Å². The van der Waals surface area contributed by atoms with Crippen LogP contribution in [0.15, 0.2) is 29.2 Å². The lowest BCUT2D eigenvalue weighted by Gasteiger charge is -2.43. The molecule has 0 radical (unpaired) electrons. The highest BCUT2D eigenvalue weighted by atomic mass is 16.2. The Morgan fingerprint density at radius 1 is 1.14 bits per heavy atom. The zero-order chi connectivity index (χ0) is 14.2. The number of rotatable bonds is 2. The Morgan fingerprint density at radius 3 is 2.90 bits per heavy atom. The lowest BCUT2D eigenvalue weighted by atomic mass is 9.78. The molecule has 2 aromatic rings. The van der Waals surface area contributed by atoms with E-state index in [1.165, 1.54) is 38.5 Å². The number of piperidine rings is 1. The highest BCUT2D eigenvalue weighted by Gasteiger charge is 2.33. The molecule has 5 heteroatoms. The number of likely N-dealkylation sites (tertiary alicyclic amines) is 1. The quantitative estimate of drug-likeness (QED) is 0.849. The topological polar surface area (TPSA) is 42.5 Å². The van der Waals surface area contributed by atoms with Gasteiger partial charge in [-0.2, -0.15) is 4.68 Å². The summed E-state index contributed by atoms with van der Waals surface area (Å²) in [6, 6.07) is 6.34. The maximum atomic E-state index is 12.4. The Bertz CT molecular complexity index is 687. The summed E-state index contributed by atoms with van der Waals surface area (Å²) in [5.41, 5.74) is 0.711. The molecule has 112 valence electrons. The van der Waals surface area contributed by atoms with E-state index in [0.29, 0.717) is 12.7 Å². The van der Waals surface area contributed by atoms with Crippen LogP contribution in [0.2, 0.25) is 0 Å². The predicted molar refractivity (Wildman–Crippen MR) is 81.1 cm³/mol. The Hall–Kier alpha value is -1.62. The van der Waals surface area contributed by atoms with Crippen molar-refractivity contribution in [1.29, 1.82) is 0 Å². The van der Waals surface area contributed by atoms with Gasteiger partial charge in [0.2, 0.25) is 0 Å². The molecular formula is C16H22N4O. The van der Waals surface area contributed by atoms with Crippen molar-refractivity contribution < 1.29 is 0 Å². The average Bonchev–Trinajstić information content (AvgIpc) is 2.85. The number of nitrogens with zero attached hydrogens (tertiary/aromatic N) is 4. The fourth-order valence-electron chi connectivity index (χ4n) is 4.14. The van der Waals surface area contributed by atoms with Crippen LogP contribution in [0, 0.1) is 5.92 Å². The van der Waals surface area contributed by atoms with Gasteiger partial charge in [0.1, 0.15) is 0 Å². The van der Waals surface area contributed by atoms with Crippen LogP contribution in [0.3, 0.4) is 0 Å². The molecule has 1 saturated heterocycles. The first-order valence-electron chi connectivity index (χ1n) is 8.11. The molecular weight excluding hydrogens is 264 g/mol. The summed E-state index contributed by atoms with van der Waals surface area (Å²) in [6.45, 7) is 1.74. The minimum Gasteiger partial charge on any atom is -0.281 e. The normalized spacial score (nSPS) is 26.9. The molecule has 2 aromatic heterocycles. The van der Waals surface area contributed by atoms with Crippen molar-refractivity contribution in [2.24, 2.45) is 5.92 Å². The van der Waals surface area contributed by atoms with Crippen LogP contribution < -0.4 is 5.69 Å². The maximum absolute atomic E-state index is 12.4. The molecule has 2 fully saturated rings. The third-order valence-corrected chi connectivity index (χ3v) is 5.16. The van der Waals surface area contributed by atoms with Gasteiger partial charge < -0.3 is 0 Å². The van der Waals surface area contributed by atoms with Gasteiger partial charge in [-0.15, -0.1) is 5.10 Å². The van der Waals surface area contributed by atoms with Crippen LogP contribution in [0.5, 0.6) is 0 Å². The Balaban J connectivity index is 1.61. The molecule has 1 aliphatic carbocycles. The molecule has 0 aromatic carbocycles. The summed E-state index contributed by atoms with van der Waals surface area (Å²) in [7, 11) is 0. The predicted octanol–water partition coefficient (Wildman–Crippen LogP) is 2.11. The largest absolute Gasteiger partial charge is 0.351 e. The molecule has 5 nitrogen and oxygen atoms in total. The monoisotopic (exact) mass is 286 g/mol. The minimum absolute atomic E-state index is 0.0245. The Labute approximate surface area is 124 Å². The van der Waals surface area contributed by atoms with Crippen molar-refractivity contribution in [3.8, 4) is 0 Å². The highest BCUT2D eigenvalue weighted by molar-refractivity contribution is 5.35. The van der Waals surface area contributed by atoms with Gasteiger partial charge in [-0.3, -0.25) is 9.30 Å². The van der Waals surface area contributed by atoms with E-state index in [1.807, 2.05) is 18.2 Å². The second-order valence-corrected chi connectivity index (χ2v) is 6.42. The van der Waals surface area contributed by atoms with Crippen molar-refractivity contribution >= 4 is 5.65 Å². The molecule has 4 rings (SSSR count). The number of pyridine rings is 1. The average molecular weight is 286 g/mol. The lowest BCUT2D eigenvalue weighted by Crippen LogP contribution is -2.48. The van der Waals surface area contributed by atoms with E-state index in [0.717, 1.165) is 18.1 Å². The van der Waals surface area contributed by atoms with E-state index in [1.54, 1.807) is 15.3 Å². The van der Waals surface area contributed by atoms with Crippen LogP contribution >= 0.6 is 0 Å². The fraction of sp³-hybridized carbons (Fsp3) is 0.625. The third-order valence-electron chi connectivity index (χ3n) is 5.16. The number of aromatic nitrogens is 3. The van der Waals surface area contributed by atoms with E-state index >= 15 is 0 Å². The van der Waals surface area contributed by atoms with E-state index in [4.69, 9.17) is 0 Å². The van der Waals surface area contributed by atoms with Gasteiger partial charge in [0.05, 0.1) is 6.67 Å².